The van der Waals surface area contributed by atoms with Crippen LogP contribution in [0.3, 0.4) is 0 Å². The minimum Gasteiger partial charge on any atom is -0.454 e. The Morgan fingerprint density at radius 3 is 1.08 bits per heavy atom. The smallest absolute Gasteiger partial charge is 0.145 e. The number of hydrogen-bond acceptors (Lipinski definition) is 3. The zero-order valence-electron chi connectivity index (χ0n) is 20.0. The molecule has 3 nitrogen and oxygen atoms in total. The van der Waals surface area contributed by atoms with E-state index in [4.69, 9.17) is 14.4 Å². The van der Waals surface area contributed by atoms with Crippen LogP contribution in [0.4, 0.5) is 11.4 Å². The fourth-order valence-electron chi connectivity index (χ4n) is 5.02. The van der Waals surface area contributed by atoms with Crippen LogP contribution in [0, 0.1) is 0 Å². The van der Waals surface area contributed by atoms with Crippen molar-refractivity contribution in [2.45, 2.75) is 0 Å². The van der Waals surface area contributed by atoms with Crippen molar-refractivity contribution in [1.29, 1.82) is 0 Å². The number of benzene rings is 6. The highest BCUT2D eigenvalue weighted by molar-refractivity contribution is 6.12. The molecule has 1 heterocycles. The van der Waals surface area contributed by atoms with E-state index in [1.807, 2.05) is 12.1 Å². The van der Waals surface area contributed by atoms with Gasteiger partial charge in [0.2, 0.25) is 0 Å². The zero-order chi connectivity index (χ0) is 24.6. The number of rotatable bonds is 4. The van der Waals surface area contributed by atoms with Gasteiger partial charge >= 0.3 is 0 Å². The van der Waals surface area contributed by atoms with E-state index in [-0.39, 0.29) is 0 Å². The van der Waals surface area contributed by atoms with Gasteiger partial charge in [-0.15, -0.1) is 0 Å². The van der Waals surface area contributed by atoms with Crippen molar-refractivity contribution >= 4 is 66.9 Å². The third-order valence-electron chi connectivity index (χ3n) is 6.77. The topological polar surface area (TPSA) is 37.9 Å². The van der Waals surface area contributed by atoms with E-state index in [0.29, 0.717) is 11.5 Å². The van der Waals surface area contributed by atoms with E-state index >= 15 is 0 Å². The molecule has 0 unspecified atom stereocenters. The Kier molecular flexibility index (Phi) is 5.11. The third-order valence-corrected chi connectivity index (χ3v) is 6.77. The highest BCUT2D eigenvalue weighted by Gasteiger charge is 2.08. The average Bonchev–Trinajstić information content (AvgIpc) is 3.41. The standard InChI is InChI=1S/C34H22N2O/c1-5-13-29-23(9-1)19-24-10-2-6-14-30(24)33(29)35-21-27-17-18-28(37-27)22-36-34-31-15-7-3-11-25(31)20-26-12-4-8-16-32(26)34/h1-22H. The summed E-state index contributed by atoms with van der Waals surface area (Å²) in [6.07, 6.45) is 3.58. The second-order valence-electron chi connectivity index (χ2n) is 9.09. The molecule has 0 amide bonds. The first kappa shape index (κ1) is 21.3. The maximum Gasteiger partial charge on any atom is 0.145 e. The summed E-state index contributed by atoms with van der Waals surface area (Å²) in [6, 6.07) is 41.7. The Balaban J connectivity index is 1.26. The summed E-state index contributed by atoms with van der Waals surface area (Å²) in [4.78, 5) is 9.77. The van der Waals surface area contributed by atoms with Crippen LogP contribution < -0.4 is 0 Å². The van der Waals surface area contributed by atoms with Crippen LogP contribution in [0.5, 0.6) is 0 Å². The quantitative estimate of drug-likeness (QED) is 0.185. The summed E-state index contributed by atoms with van der Waals surface area (Å²) in [6.45, 7) is 0. The summed E-state index contributed by atoms with van der Waals surface area (Å²) in [5, 5.41) is 9.15. The molecular weight excluding hydrogens is 452 g/mol. The fraction of sp³-hybridized carbons (Fsp3) is 0. The highest BCUT2D eigenvalue weighted by Crippen LogP contribution is 2.36. The summed E-state index contributed by atoms with van der Waals surface area (Å²) in [5.74, 6) is 1.36. The average molecular weight is 475 g/mol. The molecule has 0 aliphatic heterocycles. The van der Waals surface area contributed by atoms with E-state index in [1.54, 1.807) is 12.4 Å². The van der Waals surface area contributed by atoms with Crippen molar-refractivity contribution in [3.05, 3.63) is 133 Å². The molecular formula is C34H22N2O. The molecule has 0 spiro atoms. The second kappa shape index (κ2) is 8.89. The fourth-order valence-corrected chi connectivity index (χ4v) is 5.02. The lowest BCUT2D eigenvalue weighted by atomic mass is 10.0. The summed E-state index contributed by atoms with van der Waals surface area (Å²) in [7, 11) is 0. The van der Waals surface area contributed by atoms with Crippen molar-refractivity contribution in [2.75, 3.05) is 0 Å². The first-order valence-corrected chi connectivity index (χ1v) is 12.3. The lowest BCUT2D eigenvalue weighted by molar-refractivity contribution is 0.553. The van der Waals surface area contributed by atoms with Crippen molar-refractivity contribution in [3.8, 4) is 0 Å². The van der Waals surface area contributed by atoms with Gasteiger partial charge in [0.15, 0.2) is 0 Å². The van der Waals surface area contributed by atoms with Gasteiger partial charge in [-0.25, -0.2) is 0 Å². The Hall–Kier alpha value is -5.02. The molecule has 0 N–H and O–H groups in total. The molecule has 7 rings (SSSR count). The monoisotopic (exact) mass is 474 g/mol. The van der Waals surface area contributed by atoms with Gasteiger partial charge in [0.1, 0.15) is 11.5 Å². The minimum atomic E-state index is 0.682. The molecule has 1 aromatic heterocycles. The first-order chi connectivity index (χ1) is 18.3. The second-order valence-corrected chi connectivity index (χ2v) is 9.09. The predicted octanol–water partition coefficient (Wildman–Crippen LogP) is 9.39. The molecule has 6 aromatic carbocycles. The molecule has 174 valence electrons. The van der Waals surface area contributed by atoms with Gasteiger partial charge in [-0.3, -0.25) is 9.98 Å². The van der Waals surface area contributed by atoms with Gasteiger partial charge in [0.25, 0.3) is 0 Å². The van der Waals surface area contributed by atoms with Gasteiger partial charge in [0, 0.05) is 21.5 Å². The molecule has 37 heavy (non-hydrogen) atoms. The van der Waals surface area contributed by atoms with E-state index in [2.05, 4.69) is 109 Å². The normalized spacial score (nSPS) is 12.1. The van der Waals surface area contributed by atoms with E-state index in [0.717, 1.165) is 32.9 Å². The number of furan rings is 1. The molecule has 0 bridgehead atoms. The molecule has 0 atom stereocenters. The highest BCUT2D eigenvalue weighted by atomic mass is 16.3. The third kappa shape index (κ3) is 3.87. The van der Waals surface area contributed by atoms with E-state index in [9.17, 15) is 0 Å². The predicted molar refractivity (Wildman–Crippen MR) is 156 cm³/mol. The summed E-state index contributed by atoms with van der Waals surface area (Å²) >= 11 is 0. The van der Waals surface area contributed by atoms with Crippen LogP contribution >= 0.6 is 0 Å². The van der Waals surface area contributed by atoms with Crippen LogP contribution in [0.15, 0.2) is 136 Å². The van der Waals surface area contributed by atoms with E-state index in [1.165, 1.54) is 21.5 Å². The van der Waals surface area contributed by atoms with Crippen molar-refractivity contribution in [2.24, 2.45) is 9.98 Å². The Bertz CT molecular complexity index is 1740. The van der Waals surface area contributed by atoms with Crippen LogP contribution in [-0.2, 0) is 0 Å². The maximum absolute atomic E-state index is 6.08. The SMILES string of the molecule is C(=Nc1c2ccccc2cc2ccccc12)c1ccc(C=Nc2c3ccccc3cc3ccccc23)o1. The largest absolute Gasteiger partial charge is 0.454 e. The van der Waals surface area contributed by atoms with Crippen LogP contribution in [0.1, 0.15) is 11.5 Å². The van der Waals surface area contributed by atoms with Crippen LogP contribution in [0.2, 0.25) is 0 Å². The maximum atomic E-state index is 6.08. The lowest BCUT2D eigenvalue weighted by Crippen LogP contribution is -1.82. The zero-order valence-corrected chi connectivity index (χ0v) is 20.0. The van der Waals surface area contributed by atoms with Crippen molar-refractivity contribution in [1.82, 2.24) is 0 Å². The molecule has 7 aromatic rings. The van der Waals surface area contributed by atoms with Crippen molar-refractivity contribution < 1.29 is 4.42 Å². The molecule has 0 radical (unpaired) electrons. The number of fused-ring (bicyclic) bond motifs is 4. The molecule has 0 aliphatic carbocycles. The first-order valence-electron chi connectivity index (χ1n) is 12.3. The van der Waals surface area contributed by atoms with Crippen molar-refractivity contribution in [3.63, 3.8) is 0 Å². The van der Waals surface area contributed by atoms with E-state index < -0.39 is 0 Å². The number of nitrogens with zero attached hydrogens (tertiary/aromatic N) is 2. The molecule has 0 fully saturated rings. The Morgan fingerprint density at radius 1 is 0.405 bits per heavy atom. The van der Waals surface area contributed by atoms with Gasteiger partial charge in [-0.05, 0) is 45.8 Å². The van der Waals surface area contributed by atoms with Crippen LogP contribution in [0.25, 0.3) is 43.1 Å². The summed E-state index contributed by atoms with van der Waals surface area (Å²) < 4.78 is 6.08. The molecule has 0 saturated carbocycles. The lowest BCUT2D eigenvalue weighted by Gasteiger charge is -2.07. The van der Waals surface area contributed by atoms with Gasteiger partial charge in [0.05, 0.1) is 23.8 Å². The van der Waals surface area contributed by atoms with Gasteiger partial charge < -0.3 is 4.42 Å². The minimum absolute atomic E-state index is 0.682. The molecule has 0 saturated heterocycles. The molecule has 0 aliphatic rings. The van der Waals surface area contributed by atoms with Crippen LogP contribution in [-0.4, -0.2) is 12.4 Å². The van der Waals surface area contributed by atoms with Gasteiger partial charge in [-0.1, -0.05) is 97.1 Å². The Labute approximate surface area is 214 Å². The Morgan fingerprint density at radius 2 is 0.730 bits per heavy atom. The number of aliphatic imine (C=N–C) groups is 2. The molecule has 3 heteroatoms. The van der Waals surface area contributed by atoms with Gasteiger partial charge in [-0.2, -0.15) is 0 Å². The number of hydrogen-bond donors (Lipinski definition) is 0. The summed E-state index contributed by atoms with van der Waals surface area (Å²) in [5.41, 5.74) is 1.89.